The van der Waals surface area contributed by atoms with E-state index in [1.807, 2.05) is 0 Å². The second-order valence-electron chi connectivity index (χ2n) is 4.21. The topological polar surface area (TPSA) is 81.4 Å². The number of pyridine rings is 1. The second-order valence-corrected chi connectivity index (χ2v) is 4.21. The maximum atomic E-state index is 12.4. The molecule has 0 atom stereocenters. The van der Waals surface area contributed by atoms with Crippen molar-refractivity contribution in [2.75, 3.05) is 14.2 Å². The largest absolute Gasteiger partial charge is 0.471 e. The van der Waals surface area contributed by atoms with Crippen LogP contribution in [0.25, 0.3) is 11.4 Å². The van der Waals surface area contributed by atoms with Gasteiger partial charge in [0.2, 0.25) is 5.82 Å². The van der Waals surface area contributed by atoms with Crippen molar-refractivity contribution in [1.29, 1.82) is 0 Å². The first kappa shape index (κ1) is 15.9. The summed E-state index contributed by atoms with van der Waals surface area (Å²) < 4.78 is 41.2. The summed E-state index contributed by atoms with van der Waals surface area (Å²) >= 11 is 0. The number of nitrogens with zero attached hydrogens (tertiary/aromatic N) is 4. The van der Waals surface area contributed by atoms with Crippen LogP contribution >= 0.6 is 0 Å². The van der Waals surface area contributed by atoms with E-state index < -0.39 is 12.1 Å². The van der Waals surface area contributed by atoms with Crippen molar-refractivity contribution in [2.24, 2.45) is 0 Å². The molecular weight excluding hydrogens is 305 g/mol. The summed E-state index contributed by atoms with van der Waals surface area (Å²) in [7, 11) is 2.80. The molecule has 0 aliphatic carbocycles. The van der Waals surface area contributed by atoms with E-state index in [1.165, 1.54) is 32.5 Å². The zero-order valence-corrected chi connectivity index (χ0v) is 11.6. The van der Waals surface area contributed by atoms with Crippen molar-refractivity contribution >= 4 is 5.91 Å². The minimum absolute atomic E-state index is 0.00926. The molecule has 0 aliphatic heterocycles. The van der Waals surface area contributed by atoms with Crippen molar-refractivity contribution < 1.29 is 27.3 Å². The van der Waals surface area contributed by atoms with Crippen molar-refractivity contribution in [1.82, 2.24) is 20.2 Å². The number of aromatic nitrogens is 3. The predicted molar refractivity (Wildman–Crippen MR) is 66.0 cm³/mol. The van der Waals surface area contributed by atoms with E-state index in [0.717, 1.165) is 5.06 Å². The third kappa shape index (κ3) is 3.58. The molecule has 10 heteroatoms. The molecule has 22 heavy (non-hydrogen) atoms. The van der Waals surface area contributed by atoms with Crippen LogP contribution in [0.4, 0.5) is 13.2 Å². The predicted octanol–water partition coefficient (Wildman–Crippen LogP) is 1.71. The first-order chi connectivity index (χ1) is 10.3. The maximum absolute atomic E-state index is 12.4. The van der Waals surface area contributed by atoms with Gasteiger partial charge in [0.1, 0.15) is 0 Å². The Hall–Kier alpha value is -2.49. The summed E-state index contributed by atoms with van der Waals surface area (Å²) in [5.74, 6) is -1.98. The molecule has 2 heterocycles. The van der Waals surface area contributed by atoms with Crippen molar-refractivity contribution in [3.05, 3.63) is 29.9 Å². The van der Waals surface area contributed by atoms with E-state index in [0.29, 0.717) is 5.69 Å². The lowest BCUT2D eigenvalue weighted by Gasteiger charge is -2.12. The Morgan fingerprint density at radius 2 is 2.14 bits per heavy atom. The van der Waals surface area contributed by atoms with Crippen LogP contribution in [-0.2, 0) is 22.2 Å². The number of hydroxylamine groups is 2. The Balaban J connectivity index is 2.12. The average Bonchev–Trinajstić information content (AvgIpc) is 2.97. The Kier molecular flexibility index (Phi) is 4.40. The maximum Gasteiger partial charge on any atom is 0.471 e. The fourth-order valence-electron chi connectivity index (χ4n) is 1.49. The highest BCUT2D eigenvalue weighted by Crippen LogP contribution is 2.29. The van der Waals surface area contributed by atoms with Crippen molar-refractivity contribution in [3.8, 4) is 11.4 Å². The molecule has 1 amide bonds. The van der Waals surface area contributed by atoms with E-state index in [9.17, 15) is 18.0 Å². The quantitative estimate of drug-likeness (QED) is 0.799. The highest BCUT2D eigenvalue weighted by atomic mass is 19.4. The Bertz CT molecular complexity index is 654. The fraction of sp³-hybridized carbons (Fsp3) is 0.333. The van der Waals surface area contributed by atoms with E-state index in [1.54, 1.807) is 0 Å². The number of carbonyl (C=O) groups excluding carboxylic acids is 1. The molecule has 118 valence electrons. The van der Waals surface area contributed by atoms with Gasteiger partial charge in [-0.05, 0) is 12.1 Å². The molecule has 0 saturated heterocycles. The van der Waals surface area contributed by atoms with Crippen LogP contribution < -0.4 is 0 Å². The van der Waals surface area contributed by atoms with Crippen LogP contribution in [0.15, 0.2) is 22.9 Å². The second kappa shape index (κ2) is 6.10. The van der Waals surface area contributed by atoms with Gasteiger partial charge in [0, 0.05) is 24.5 Å². The number of alkyl halides is 3. The van der Waals surface area contributed by atoms with E-state index in [4.69, 9.17) is 4.84 Å². The molecule has 0 unspecified atom stereocenters. The SMILES string of the molecule is CON(C)C(=O)Cc1ccc(-c2noc(C(F)(F)F)n2)cn1. The van der Waals surface area contributed by atoms with Crippen LogP contribution in [0.3, 0.4) is 0 Å². The number of rotatable bonds is 4. The van der Waals surface area contributed by atoms with Gasteiger partial charge < -0.3 is 4.52 Å². The van der Waals surface area contributed by atoms with Crippen LogP contribution in [-0.4, -0.2) is 40.3 Å². The molecule has 0 spiro atoms. The molecule has 2 rings (SSSR count). The van der Waals surface area contributed by atoms with Crippen LogP contribution in [0.5, 0.6) is 0 Å². The fourth-order valence-corrected chi connectivity index (χ4v) is 1.49. The van der Waals surface area contributed by atoms with Crippen molar-refractivity contribution in [3.63, 3.8) is 0 Å². The minimum Gasteiger partial charge on any atom is -0.329 e. The molecule has 2 aromatic rings. The van der Waals surface area contributed by atoms with Gasteiger partial charge >= 0.3 is 12.1 Å². The molecule has 0 N–H and O–H groups in total. The standard InChI is InChI=1S/C12H11F3N4O3/c1-19(21-2)9(20)5-8-4-3-7(6-16-8)10-17-11(22-18-10)12(13,14)15/h3-4,6H,5H2,1-2H3. The van der Waals surface area contributed by atoms with Crippen molar-refractivity contribution in [2.45, 2.75) is 12.6 Å². The van der Waals surface area contributed by atoms with Gasteiger partial charge in [0.25, 0.3) is 5.91 Å². The smallest absolute Gasteiger partial charge is 0.329 e. The first-order valence-electron chi connectivity index (χ1n) is 5.98. The van der Waals surface area contributed by atoms with Crippen LogP contribution in [0.2, 0.25) is 0 Å². The van der Waals surface area contributed by atoms with Gasteiger partial charge in [0.15, 0.2) is 0 Å². The average molecular weight is 316 g/mol. The Morgan fingerprint density at radius 3 is 2.64 bits per heavy atom. The zero-order chi connectivity index (χ0) is 16.3. The molecule has 0 aromatic carbocycles. The number of halogens is 3. The Labute approximate surface area is 122 Å². The van der Waals surface area contributed by atoms with E-state index in [2.05, 4.69) is 19.6 Å². The molecule has 2 aromatic heterocycles. The number of amides is 1. The summed E-state index contributed by atoms with van der Waals surface area (Å²) in [6.45, 7) is 0. The minimum atomic E-state index is -4.70. The molecule has 0 saturated carbocycles. The lowest BCUT2D eigenvalue weighted by atomic mass is 10.2. The molecule has 0 fully saturated rings. The lowest BCUT2D eigenvalue weighted by Crippen LogP contribution is -2.27. The van der Waals surface area contributed by atoms with Gasteiger partial charge in [-0.25, -0.2) is 5.06 Å². The number of likely N-dealkylation sites (N-methyl/N-ethyl adjacent to an activating group) is 1. The summed E-state index contributed by atoms with van der Waals surface area (Å²) in [5.41, 5.74) is 0.674. The summed E-state index contributed by atoms with van der Waals surface area (Å²) in [5, 5.41) is 4.29. The zero-order valence-electron chi connectivity index (χ0n) is 11.6. The highest BCUT2D eigenvalue weighted by molar-refractivity contribution is 5.77. The number of hydrogen-bond donors (Lipinski definition) is 0. The summed E-state index contributed by atoms with van der Waals surface area (Å²) in [6.07, 6.45) is -3.44. The summed E-state index contributed by atoms with van der Waals surface area (Å²) in [6, 6.07) is 2.94. The van der Waals surface area contributed by atoms with Gasteiger partial charge in [-0.2, -0.15) is 18.2 Å². The molecule has 7 nitrogen and oxygen atoms in total. The summed E-state index contributed by atoms with van der Waals surface area (Å²) in [4.78, 5) is 23.6. The monoisotopic (exact) mass is 316 g/mol. The number of carbonyl (C=O) groups is 1. The first-order valence-corrected chi connectivity index (χ1v) is 5.98. The molecule has 0 radical (unpaired) electrons. The normalized spacial score (nSPS) is 11.5. The van der Waals surface area contributed by atoms with E-state index >= 15 is 0 Å². The van der Waals surface area contributed by atoms with Crippen LogP contribution in [0, 0.1) is 0 Å². The van der Waals surface area contributed by atoms with Gasteiger partial charge in [0.05, 0.1) is 13.5 Å². The highest BCUT2D eigenvalue weighted by Gasteiger charge is 2.38. The van der Waals surface area contributed by atoms with Gasteiger partial charge in [-0.15, -0.1) is 0 Å². The van der Waals surface area contributed by atoms with Crippen LogP contribution in [0.1, 0.15) is 11.6 Å². The number of hydrogen-bond acceptors (Lipinski definition) is 6. The lowest BCUT2D eigenvalue weighted by molar-refractivity contribution is -0.167. The molecule has 0 aliphatic rings. The van der Waals surface area contributed by atoms with Gasteiger partial charge in [-0.3, -0.25) is 14.6 Å². The molecule has 0 bridgehead atoms. The van der Waals surface area contributed by atoms with E-state index in [-0.39, 0.29) is 23.7 Å². The third-order valence-corrected chi connectivity index (χ3v) is 2.71. The third-order valence-electron chi connectivity index (χ3n) is 2.71. The van der Waals surface area contributed by atoms with Gasteiger partial charge in [-0.1, -0.05) is 5.16 Å². The molecular formula is C12H11F3N4O3. The Morgan fingerprint density at radius 1 is 1.41 bits per heavy atom.